The highest BCUT2D eigenvalue weighted by Gasteiger charge is 2.36. The number of benzene rings is 2. The second kappa shape index (κ2) is 17.7. The van der Waals surface area contributed by atoms with Gasteiger partial charge in [0.1, 0.15) is 23.4 Å². The molecular weight excluding hydrogens is 554 g/mol. The lowest BCUT2D eigenvalue weighted by Crippen LogP contribution is -2.54. The Hall–Kier alpha value is -3.55. The molecule has 244 valence electrons. The topological polar surface area (TPSA) is 108 Å². The van der Waals surface area contributed by atoms with Crippen molar-refractivity contribution in [2.45, 2.75) is 130 Å². The second-order valence-electron chi connectivity index (χ2n) is 13.0. The minimum absolute atomic E-state index is 0.0601. The first-order chi connectivity index (χ1) is 20.7. The smallest absolute Gasteiger partial charge is 0.408 e. The number of carbonyl (C=O) groups is 3. The van der Waals surface area contributed by atoms with Gasteiger partial charge in [0, 0.05) is 19.0 Å². The van der Waals surface area contributed by atoms with E-state index in [1.54, 1.807) is 49.9 Å². The first kappa shape index (κ1) is 36.6. The van der Waals surface area contributed by atoms with Crippen LogP contribution in [-0.2, 0) is 20.7 Å². The fourth-order valence-electron chi connectivity index (χ4n) is 5.44. The first-order valence-corrected chi connectivity index (χ1v) is 16.2. The van der Waals surface area contributed by atoms with E-state index in [0.29, 0.717) is 6.54 Å². The summed E-state index contributed by atoms with van der Waals surface area (Å²) in [6.07, 6.45) is 6.09. The van der Waals surface area contributed by atoms with Crippen LogP contribution in [0.1, 0.15) is 115 Å². The quantitative estimate of drug-likeness (QED) is 0.173. The maximum atomic E-state index is 14.7. The molecule has 0 aromatic heterocycles. The highest BCUT2D eigenvalue weighted by atomic mass is 16.6. The molecule has 0 heterocycles. The summed E-state index contributed by atoms with van der Waals surface area (Å²) in [7, 11) is 0. The van der Waals surface area contributed by atoms with Crippen LogP contribution in [0.5, 0.6) is 5.75 Å². The van der Waals surface area contributed by atoms with E-state index in [4.69, 9.17) is 4.74 Å². The number of alkyl carbamates (subject to hydrolysis) is 1. The van der Waals surface area contributed by atoms with Crippen LogP contribution < -0.4 is 10.6 Å². The fraction of sp³-hybridized carbons (Fsp3) is 0.583. The molecule has 2 aromatic carbocycles. The molecule has 0 bridgehead atoms. The molecule has 0 aliphatic heterocycles. The summed E-state index contributed by atoms with van der Waals surface area (Å²) in [6.45, 7) is 15.8. The third-order valence-corrected chi connectivity index (χ3v) is 7.38. The lowest BCUT2D eigenvalue weighted by atomic mass is 9.96. The summed E-state index contributed by atoms with van der Waals surface area (Å²) < 4.78 is 5.54. The van der Waals surface area contributed by atoms with E-state index in [1.807, 2.05) is 39.0 Å². The maximum Gasteiger partial charge on any atom is 0.408 e. The van der Waals surface area contributed by atoms with Gasteiger partial charge in [-0.15, -0.1) is 0 Å². The molecule has 2 rings (SSSR count). The van der Waals surface area contributed by atoms with E-state index in [1.165, 1.54) is 0 Å². The van der Waals surface area contributed by atoms with Crippen LogP contribution in [0, 0.1) is 13.8 Å². The van der Waals surface area contributed by atoms with Crippen molar-refractivity contribution < 1.29 is 24.2 Å². The predicted octanol–water partition coefficient (Wildman–Crippen LogP) is 7.29. The Morgan fingerprint density at radius 1 is 0.886 bits per heavy atom. The molecule has 8 heteroatoms. The summed E-state index contributed by atoms with van der Waals surface area (Å²) in [4.78, 5) is 43.5. The number of nitrogens with one attached hydrogen (secondary N) is 2. The number of aryl methyl sites for hydroxylation is 2. The third kappa shape index (κ3) is 12.6. The van der Waals surface area contributed by atoms with Crippen molar-refractivity contribution in [2.24, 2.45) is 0 Å². The summed E-state index contributed by atoms with van der Waals surface area (Å²) in [6, 6.07) is 10.6. The molecule has 0 saturated carbocycles. The van der Waals surface area contributed by atoms with E-state index in [-0.39, 0.29) is 30.0 Å². The molecule has 0 aliphatic carbocycles. The van der Waals surface area contributed by atoms with Gasteiger partial charge in [0.25, 0.3) is 0 Å². The zero-order valence-electron chi connectivity index (χ0n) is 28.2. The Labute approximate surface area is 264 Å². The Balaban J connectivity index is 2.61. The third-order valence-electron chi connectivity index (χ3n) is 7.38. The van der Waals surface area contributed by atoms with Gasteiger partial charge < -0.3 is 25.4 Å². The molecule has 2 aromatic rings. The average Bonchev–Trinajstić information content (AvgIpc) is 2.91. The van der Waals surface area contributed by atoms with E-state index < -0.39 is 23.8 Å². The number of unbranched alkanes of at least 4 members (excludes halogenated alkanes) is 4. The molecule has 0 aliphatic rings. The van der Waals surface area contributed by atoms with Gasteiger partial charge >= 0.3 is 6.09 Å². The van der Waals surface area contributed by atoms with E-state index >= 15 is 0 Å². The Bertz CT molecular complexity index is 1180. The zero-order valence-corrected chi connectivity index (χ0v) is 28.2. The molecule has 3 N–H and O–H groups in total. The molecule has 0 saturated heterocycles. The number of hydrogen-bond acceptors (Lipinski definition) is 5. The number of ether oxygens (including phenoxy) is 1. The van der Waals surface area contributed by atoms with Gasteiger partial charge in [-0.05, 0) is 77.6 Å². The molecule has 0 fully saturated rings. The molecule has 3 unspecified atom stereocenters. The summed E-state index contributed by atoms with van der Waals surface area (Å²) in [5.74, 6) is -0.487. The van der Waals surface area contributed by atoms with Gasteiger partial charge in [-0.25, -0.2) is 4.79 Å². The van der Waals surface area contributed by atoms with Crippen LogP contribution in [-0.4, -0.2) is 52.1 Å². The Morgan fingerprint density at radius 2 is 1.50 bits per heavy atom. The minimum Gasteiger partial charge on any atom is -0.508 e. The number of phenols is 1. The number of phenolic OH excluding ortho intramolecular Hbond substituents is 1. The van der Waals surface area contributed by atoms with Crippen LogP contribution in [0.25, 0.3) is 0 Å². The fourth-order valence-corrected chi connectivity index (χ4v) is 5.44. The maximum absolute atomic E-state index is 14.7. The van der Waals surface area contributed by atoms with Crippen molar-refractivity contribution in [1.82, 2.24) is 15.5 Å². The number of rotatable bonds is 16. The van der Waals surface area contributed by atoms with Gasteiger partial charge in [-0.3, -0.25) is 9.59 Å². The van der Waals surface area contributed by atoms with Crippen molar-refractivity contribution in [3.05, 3.63) is 64.7 Å². The SMILES string of the molecule is CCCCCCCN(C(=O)C(Cc1ccc(O)cc1)NC(=O)OC(C)(C)C)C(C(=O)NC(C)CCC)c1cc(C)cc(C)c1. The highest BCUT2D eigenvalue weighted by Crippen LogP contribution is 2.27. The number of nitrogens with zero attached hydrogens (tertiary/aromatic N) is 1. The van der Waals surface area contributed by atoms with Gasteiger partial charge in [0.2, 0.25) is 11.8 Å². The van der Waals surface area contributed by atoms with Crippen LogP contribution in [0.2, 0.25) is 0 Å². The molecular formula is C36H55N3O5. The van der Waals surface area contributed by atoms with E-state index in [2.05, 4.69) is 24.5 Å². The van der Waals surface area contributed by atoms with Crippen LogP contribution >= 0.6 is 0 Å². The molecule has 0 radical (unpaired) electrons. The summed E-state index contributed by atoms with van der Waals surface area (Å²) in [5, 5.41) is 15.8. The molecule has 8 nitrogen and oxygen atoms in total. The van der Waals surface area contributed by atoms with Gasteiger partial charge in [0.15, 0.2) is 0 Å². The van der Waals surface area contributed by atoms with Crippen LogP contribution in [0.4, 0.5) is 4.79 Å². The van der Waals surface area contributed by atoms with Crippen molar-refractivity contribution in [2.75, 3.05) is 6.54 Å². The number of carbonyl (C=O) groups excluding carboxylic acids is 3. The normalized spacial score (nSPS) is 13.5. The standard InChI is InChI=1S/C36H55N3O5/c1-9-11-12-13-14-20-39(32(33(41)37-27(5)15-10-2)29-22-25(3)21-26(4)23-29)34(42)31(38-35(43)44-36(6,7)8)24-28-16-18-30(40)19-17-28/h16-19,21-23,27,31-32,40H,9-15,20,24H2,1-8H3,(H,37,41)(H,38,43). The monoisotopic (exact) mass is 609 g/mol. The van der Waals surface area contributed by atoms with Crippen molar-refractivity contribution >= 4 is 17.9 Å². The summed E-state index contributed by atoms with van der Waals surface area (Å²) in [5.41, 5.74) is 2.74. The lowest BCUT2D eigenvalue weighted by Gasteiger charge is -2.35. The van der Waals surface area contributed by atoms with Crippen molar-refractivity contribution in [3.8, 4) is 5.75 Å². The van der Waals surface area contributed by atoms with E-state index in [9.17, 15) is 19.5 Å². The minimum atomic E-state index is -1.00. The molecule has 3 atom stereocenters. The van der Waals surface area contributed by atoms with Gasteiger partial charge in [0.05, 0.1) is 0 Å². The van der Waals surface area contributed by atoms with Gasteiger partial charge in [-0.1, -0.05) is 87.4 Å². The molecule has 3 amide bonds. The van der Waals surface area contributed by atoms with Crippen LogP contribution in [0.3, 0.4) is 0 Å². The Kier molecular flexibility index (Phi) is 14.7. The first-order valence-electron chi connectivity index (χ1n) is 16.2. The predicted molar refractivity (Wildman–Crippen MR) is 177 cm³/mol. The second-order valence-corrected chi connectivity index (χ2v) is 13.0. The molecule has 0 spiro atoms. The average molecular weight is 610 g/mol. The van der Waals surface area contributed by atoms with Gasteiger partial charge in [-0.2, -0.15) is 0 Å². The largest absolute Gasteiger partial charge is 0.508 e. The van der Waals surface area contributed by atoms with E-state index in [0.717, 1.165) is 67.2 Å². The number of amides is 3. The number of hydrogen-bond donors (Lipinski definition) is 3. The molecule has 44 heavy (non-hydrogen) atoms. The van der Waals surface area contributed by atoms with Crippen molar-refractivity contribution in [3.63, 3.8) is 0 Å². The van der Waals surface area contributed by atoms with Crippen LogP contribution in [0.15, 0.2) is 42.5 Å². The highest BCUT2D eigenvalue weighted by molar-refractivity contribution is 5.92. The lowest BCUT2D eigenvalue weighted by molar-refractivity contribution is -0.142. The Morgan fingerprint density at radius 3 is 2.07 bits per heavy atom. The number of aromatic hydroxyl groups is 1. The summed E-state index contributed by atoms with van der Waals surface area (Å²) >= 11 is 0. The van der Waals surface area contributed by atoms with Crippen molar-refractivity contribution in [1.29, 1.82) is 0 Å². The zero-order chi connectivity index (χ0) is 32.9.